The van der Waals surface area contributed by atoms with Gasteiger partial charge in [-0.25, -0.2) is 4.79 Å². The van der Waals surface area contributed by atoms with Crippen LogP contribution in [-0.2, 0) is 27.2 Å². The molecule has 0 aliphatic heterocycles. The van der Waals surface area contributed by atoms with E-state index >= 15 is 0 Å². The minimum Gasteiger partial charge on any atom is -0.462 e. The summed E-state index contributed by atoms with van der Waals surface area (Å²) in [6.45, 7) is 10.9. The van der Waals surface area contributed by atoms with Gasteiger partial charge in [0.15, 0.2) is 0 Å². The molecule has 0 radical (unpaired) electrons. The number of unbranched alkanes of at least 4 members (excludes halogenated alkanes) is 1. The molecule has 0 bridgehead atoms. The van der Waals surface area contributed by atoms with E-state index in [1.54, 1.807) is 6.92 Å². The molecular formula is C34H42N2O4S2. The van der Waals surface area contributed by atoms with Gasteiger partial charge in [0.25, 0.3) is 0 Å². The number of thiophene rings is 1. The molecule has 42 heavy (non-hydrogen) atoms. The lowest BCUT2D eigenvalue weighted by molar-refractivity contribution is -0.116. The van der Waals surface area contributed by atoms with Crippen LogP contribution in [0.4, 0.5) is 10.7 Å². The zero-order chi connectivity index (χ0) is 30.3. The normalized spacial score (nSPS) is 15.4. The van der Waals surface area contributed by atoms with Crippen molar-refractivity contribution < 1.29 is 19.1 Å². The third kappa shape index (κ3) is 8.04. The van der Waals surface area contributed by atoms with Crippen LogP contribution in [0.5, 0.6) is 0 Å². The molecule has 1 aliphatic rings. The highest BCUT2D eigenvalue weighted by Gasteiger charge is 2.35. The summed E-state index contributed by atoms with van der Waals surface area (Å²) in [5, 5.41) is 6.10. The smallest absolute Gasteiger partial charge is 0.341 e. The predicted molar refractivity (Wildman–Crippen MR) is 174 cm³/mol. The summed E-state index contributed by atoms with van der Waals surface area (Å²) < 4.78 is 5.46. The molecule has 4 rings (SSSR count). The molecule has 0 saturated heterocycles. The average Bonchev–Trinajstić information content (AvgIpc) is 3.32. The fourth-order valence-corrected chi connectivity index (χ4v) is 7.66. The number of ether oxygens (including phenoxy) is 1. The van der Waals surface area contributed by atoms with E-state index in [2.05, 4.69) is 38.3 Å². The SMILES string of the molecule is CCCCC(=O)Nc1cccc(SC(C(=O)Nc2sc3c(c2C(=O)OCC)CCC(C(C)(C)C)C3)c2ccccc2)c1. The summed E-state index contributed by atoms with van der Waals surface area (Å²) in [4.78, 5) is 41.5. The highest BCUT2D eigenvalue weighted by molar-refractivity contribution is 8.00. The molecule has 1 aromatic heterocycles. The Bertz CT molecular complexity index is 1390. The highest BCUT2D eigenvalue weighted by atomic mass is 32.2. The summed E-state index contributed by atoms with van der Waals surface area (Å²) in [6.07, 6.45) is 4.96. The molecule has 1 heterocycles. The lowest BCUT2D eigenvalue weighted by Crippen LogP contribution is -2.26. The van der Waals surface area contributed by atoms with Crippen LogP contribution in [-0.4, -0.2) is 24.4 Å². The van der Waals surface area contributed by atoms with Gasteiger partial charge in [-0.2, -0.15) is 0 Å². The van der Waals surface area contributed by atoms with E-state index in [1.165, 1.54) is 23.1 Å². The second-order valence-corrected chi connectivity index (χ2v) is 14.1. The van der Waals surface area contributed by atoms with Gasteiger partial charge in [-0.15, -0.1) is 23.1 Å². The number of carbonyl (C=O) groups is 3. The van der Waals surface area contributed by atoms with Gasteiger partial charge in [0.1, 0.15) is 10.3 Å². The lowest BCUT2D eigenvalue weighted by atomic mass is 9.72. The number of fused-ring (bicyclic) bond motifs is 1. The molecule has 2 amide bonds. The van der Waals surface area contributed by atoms with Crippen LogP contribution in [0.15, 0.2) is 59.5 Å². The first-order valence-corrected chi connectivity index (χ1v) is 16.5. The van der Waals surface area contributed by atoms with Crippen LogP contribution in [0.25, 0.3) is 0 Å². The van der Waals surface area contributed by atoms with Crippen molar-refractivity contribution in [3.8, 4) is 0 Å². The Hall–Kier alpha value is -3.10. The van der Waals surface area contributed by atoms with Gasteiger partial charge in [0, 0.05) is 21.9 Å². The second-order valence-electron chi connectivity index (χ2n) is 11.8. The first kappa shape index (κ1) is 31.8. The number of amides is 2. The number of esters is 1. The summed E-state index contributed by atoms with van der Waals surface area (Å²) in [5.41, 5.74) is 3.24. The van der Waals surface area contributed by atoms with Crippen molar-refractivity contribution in [3.05, 3.63) is 76.2 Å². The first-order valence-electron chi connectivity index (χ1n) is 14.8. The quantitative estimate of drug-likeness (QED) is 0.169. The van der Waals surface area contributed by atoms with Crippen molar-refractivity contribution in [1.29, 1.82) is 0 Å². The van der Waals surface area contributed by atoms with Crippen molar-refractivity contribution in [2.75, 3.05) is 17.2 Å². The van der Waals surface area contributed by atoms with E-state index in [9.17, 15) is 14.4 Å². The van der Waals surface area contributed by atoms with Crippen LogP contribution in [0, 0.1) is 11.3 Å². The zero-order valence-corrected chi connectivity index (χ0v) is 26.9. The lowest BCUT2D eigenvalue weighted by Gasteiger charge is -2.33. The van der Waals surface area contributed by atoms with E-state index in [-0.39, 0.29) is 29.8 Å². The van der Waals surface area contributed by atoms with E-state index < -0.39 is 5.25 Å². The maximum absolute atomic E-state index is 14.0. The predicted octanol–water partition coefficient (Wildman–Crippen LogP) is 8.68. The number of hydrogen-bond donors (Lipinski definition) is 2. The molecule has 2 aromatic carbocycles. The van der Waals surface area contributed by atoms with Crippen LogP contribution in [0.1, 0.15) is 91.9 Å². The molecule has 8 heteroatoms. The number of benzene rings is 2. The third-order valence-corrected chi connectivity index (χ3v) is 10.1. The van der Waals surface area contributed by atoms with Crippen LogP contribution in [0.3, 0.4) is 0 Å². The Morgan fingerprint density at radius 3 is 2.50 bits per heavy atom. The Morgan fingerprint density at radius 2 is 1.81 bits per heavy atom. The van der Waals surface area contributed by atoms with Crippen molar-refractivity contribution >= 4 is 51.6 Å². The fourth-order valence-electron chi connectivity index (χ4n) is 5.25. The highest BCUT2D eigenvalue weighted by Crippen LogP contribution is 2.45. The summed E-state index contributed by atoms with van der Waals surface area (Å²) in [5.74, 6) is -0.0992. The van der Waals surface area contributed by atoms with Gasteiger partial charge in [-0.1, -0.05) is 70.5 Å². The zero-order valence-electron chi connectivity index (χ0n) is 25.3. The van der Waals surface area contributed by atoms with Gasteiger partial charge in [-0.05, 0) is 73.3 Å². The molecule has 0 saturated carbocycles. The van der Waals surface area contributed by atoms with E-state index in [4.69, 9.17) is 4.74 Å². The Morgan fingerprint density at radius 1 is 1.05 bits per heavy atom. The Kier molecular flexibility index (Phi) is 10.9. The van der Waals surface area contributed by atoms with Gasteiger partial charge in [-0.3, -0.25) is 9.59 Å². The van der Waals surface area contributed by atoms with E-state index in [1.807, 2.05) is 54.6 Å². The average molecular weight is 607 g/mol. The summed E-state index contributed by atoms with van der Waals surface area (Å²) >= 11 is 2.93. The Labute approximate surface area is 258 Å². The van der Waals surface area contributed by atoms with Crippen LogP contribution < -0.4 is 10.6 Å². The minimum atomic E-state index is -0.575. The number of rotatable bonds is 11. The maximum atomic E-state index is 14.0. The van der Waals surface area contributed by atoms with Crippen molar-refractivity contribution in [2.24, 2.45) is 11.3 Å². The molecule has 2 N–H and O–H groups in total. The molecule has 0 spiro atoms. The molecule has 0 fully saturated rings. The topological polar surface area (TPSA) is 84.5 Å². The monoisotopic (exact) mass is 606 g/mol. The summed E-state index contributed by atoms with van der Waals surface area (Å²) in [7, 11) is 0. The second kappa shape index (κ2) is 14.4. The van der Waals surface area contributed by atoms with Crippen LogP contribution >= 0.6 is 23.1 Å². The number of thioether (sulfide) groups is 1. The van der Waals surface area contributed by atoms with Crippen LogP contribution in [0.2, 0.25) is 0 Å². The molecule has 3 aromatic rings. The molecule has 224 valence electrons. The van der Waals surface area contributed by atoms with Gasteiger partial charge in [0.2, 0.25) is 11.8 Å². The van der Waals surface area contributed by atoms with E-state index in [0.717, 1.165) is 53.0 Å². The van der Waals surface area contributed by atoms with Crippen molar-refractivity contribution in [2.45, 2.75) is 83.3 Å². The molecule has 2 unspecified atom stereocenters. The van der Waals surface area contributed by atoms with E-state index in [0.29, 0.717) is 28.6 Å². The maximum Gasteiger partial charge on any atom is 0.341 e. The molecule has 2 atom stereocenters. The third-order valence-electron chi connectivity index (χ3n) is 7.68. The number of nitrogens with one attached hydrogen (secondary N) is 2. The number of hydrogen-bond acceptors (Lipinski definition) is 6. The minimum absolute atomic E-state index is 0.0155. The largest absolute Gasteiger partial charge is 0.462 e. The Balaban J connectivity index is 1.62. The summed E-state index contributed by atoms with van der Waals surface area (Å²) in [6, 6.07) is 17.2. The standard InChI is InChI=1S/C34H42N2O4S2/c1-6-8-17-28(37)35-24-15-12-16-25(21-24)41-30(22-13-10-9-11-14-22)31(38)36-32-29(33(39)40-7-2)26-19-18-23(34(3,4)5)20-27(26)42-32/h9-16,21,23,30H,6-8,17-20H2,1-5H3,(H,35,37)(H,36,38). The number of carbonyl (C=O) groups excluding carboxylic acids is 3. The molecule has 1 aliphatic carbocycles. The van der Waals surface area contributed by atoms with Crippen molar-refractivity contribution in [1.82, 2.24) is 0 Å². The molecule has 6 nitrogen and oxygen atoms in total. The van der Waals surface area contributed by atoms with Gasteiger partial charge < -0.3 is 15.4 Å². The fraction of sp³-hybridized carbons (Fsp3) is 0.441. The molecular weight excluding hydrogens is 565 g/mol. The first-order chi connectivity index (χ1) is 20.1. The van der Waals surface area contributed by atoms with Crippen molar-refractivity contribution in [3.63, 3.8) is 0 Å². The van der Waals surface area contributed by atoms with Gasteiger partial charge in [0.05, 0.1) is 12.2 Å². The number of anilines is 2. The van der Waals surface area contributed by atoms with Gasteiger partial charge >= 0.3 is 5.97 Å².